The standard InChI is InChI=1S/C25H24N2O/c1-2-10-21-13-6-9-16-24(21)28-18-17-27-23-15-8-7-14-22(23)26-25(27)19-20-11-4-3-5-12-20/h2-9,11-16H,1,10,17-19H2. The molecule has 0 unspecified atom stereocenters. The third-order valence-electron chi connectivity index (χ3n) is 4.85. The molecule has 0 aliphatic rings. The van der Waals surface area contributed by atoms with E-state index in [9.17, 15) is 0 Å². The third kappa shape index (κ3) is 3.99. The minimum absolute atomic E-state index is 0.594. The summed E-state index contributed by atoms with van der Waals surface area (Å²) < 4.78 is 8.40. The van der Waals surface area contributed by atoms with Crippen LogP contribution in [0.15, 0.2) is 91.5 Å². The SMILES string of the molecule is C=CCc1ccccc1OCCn1c(Cc2ccccc2)nc2ccccc21. The maximum absolute atomic E-state index is 6.12. The van der Waals surface area contributed by atoms with Crippen LogP contribution in [-0.4, -0.2) is 16.2 Å². The number of rotatable bonds is 8. The van der Waals surface area contributed by atoms with Gasteiger partial charge in [-0.2, -0.15) is 0 Å². The summed E-state index contributed by atoms with van der Waals surface area (Å²) in [5.41, 5.74) is 4.60. The number of para-hydroxylation sites is 3. The number of ether oxygens (including phenoxy) is 1. The zero-order chi connectivity index (χ0) is 19.2. The summed E-state index contributed by atoms with van der Waals surface area (Å²) in [5, 5.41) is 0. The fourth-order valence-corrected chi connectivity index (χ4v) is 3.50. The Bertz CT molecular complexity index is 1070. The van der Waals surface area contributed by atoms with Crippen LogP contribution in [0.25, 0.3) is 11.0 Å². The van der Waals surface area contributed by atoms with Gasteiger partial charge in [-0.3, -0.25) is 0 Å². The minimum atomic E-state index is 0.594. The normalized spacial score (nSPS) is 10.9. The molecule has 0 saturated heterocycles. The second-order valence-electron chi connectivity index (χ2n) is 6.78. The van der Waals surface area contributed by atoms with Gasteiger partial charge < -0.3 is 9.30 Å². The highest BCUT2D eigenvalue weighted by Gasteiger charge is 2.11. The number of fused-ring (bicyclic) bond motifs is 1. The summed E-state index contributed by atoms with van der Waals surface area (Å²) >= 11 is 0. The van der Waals surface area contributed by atoms with E-state index in [1.165, 1.54) is 5.56 Å². The van der Waals surface area contributed by atoms with Crippen molar-refractivity contribution in [1.82, 2.24) is 9.55 Å². The average molecular weight is 368 g/mol. The van der Waals surface area contributed by atoms with E-state index < -0.39 is 0 Å². The Labute approximate surface area is 165 Å². The van der Waals surface area contributed by atoms with Crippen LogP contribution in [0.5, 0.6) is 5.75 Å². The Morgan fingerprint density at radius 3 is 2.50 bits per heavy atom. The van der Waals surface area contributed by atoms with Gasteiger partial charge in [-0.15, -0.1) is 6.58 Å². The molecule has 0 radical (unpaired) electrons. The number of hydrogen-bond acceptors (Lipinski definition) is 2. The Balaban J connectivity index is 1.56. The average Bonchev–Trinajstić information content (AvgIpc) is 3.07. The van der Waals surface area contributed by atoms with Crippen LogP contribution >= 0.6 is 0 Å². The molecule has 0 atom stereocenters. The molecule has 4 aromatic rings. The quantitative estimate of drug-likeness (QED) is 0.388. The van der Waals surface area contributed by atoms with Crippen LogP contribution < -0.4 is 4.74 Å². The lowest BCUT2D eigenvalue weighted by Crippen LogP contribution is -2.12. The van der Waals surface area contributed by atoms with Gasteiger partial charge in [0.15, 0.2) is 0 Å². The molecule has 0 saturated carbocycles. The summed E-state index contributed by atoms with van der Waals surface area (Å²) in [6.45, 7) is 5.18. The number of imidazole rings is 1. The Morgan fingerprint density at radius 2 is 1.64 bits per heavy atom. The molecule has 0 aliphatic carbocycles. The van der Waals surface area contributed by atoms with Gasteiger partial charge in [-0.1, -0.05) is 66.7 Å². The van der Waals surface area contributed by atoms with Crippen molar-refractivity contribution >= 4 is 11.0 Å². The van der Waals surface area contributed by atoms with Gasteiger partial charge in [0.2, 0.25) is 0 Å². The van der Waals surface area contributed by atoms with E-state index in [1.807, 2.05) is 36.4 Å². The smallest absolute Gasteiger partial charge is 0.122 e. The van der Waals surface area contributed by atoms with E-state index in [4.69, 9.17) is 9.72 Å². The number of benzene rings is 3. The van der Waals surface area contributed by atoms with E-state index in [0.29, 0.717) is 6.61 Å². The molecule has 3 heteroatoms. The molecule has 4 rings (SSSR count). The van der Waals surface area contributed by atoms with E-state index in [-0.39, 0.29) is 0 Å². The molecule has 0 spiro atoms. The first-order valence-electron chi connectivity index (χ1n) is 9.65. The molecule has 1 heterocycles. The van der Waals surface area contributed by atoms with Crippen LogP contribution in [0.1, 0.15) is 17.0 Å². The molecule has 0 N–H and O–H groups in total. The molecule has 0 amide bonds. The van der Waals surface area contributed by atoms with Crippen molar-refractivity contribution in [2.45, 2.75) is 19.4 Å². The number of nitrogens with zero attached hydrogens (tertiary/aromatic N) is 2. The Hall–Kier alpha value is -3.33. The van der Waals surface area contributed by atoms with Crippen molar-refractivity contribution in [2.24, 2.45) is 0 Å². The molecule has 0 bridgehead atoms. The lowest BCUT2D eigenvalue weighted by Gasteiger charge is -2.13. The Kier molecular flexibility index (Phi) is 5.53. The topological polar surface area (TPSA) is 27.1 Å². The maximum atomic E-state index is 6.12. The van der Waals surface area contributed by atoms with Crippen LogP contribution in [0.2, 0.25) is 0 Å². The number of hydrogen-bond donors (Lipinski definition) is 0. The van der Waals surface area contributed by atoms with Gasteiger partial charge in [0.1, 0.15) is 18.2 Å². The third-order valence-corrected chi connectivity index (χ3v) is 4.85. The van der Waals surface area contributed by atoms with E-state index >= 15 is 0 Å². The molecular weight excluding hydrogens is 344 g/mol. The molecule has 0 fully saturated rings. The molecule has 1 aromatic heterocycles. The molecule has 3 nitrogen and oxygen atoms in total. The molecule has 0 aliphatic heterocycles. The minimum Gasteiger partial charge on any atom is -0.491 e. The lowest BCUT2D eigenvalue weighted by atomic mass is 10.1. The second kappa shape index (κ2) is 8.57. The predicted octanol–water partition coefficient (Wildman–Crippen LogP) is 5.43. The highest BCUT2D eigenvalue weighted by Crippen LogP contribution is 2.21. The maximum Gasteiger partial charge on any atom is 0.122 e. The summed E-state index contributed by atoms with van der Waals surface area (Å²) in [7, 11) is 0. The fraction of sp³-hybridized carbons (Fsp3) is 0.160. The van der Waals surface area contributed by atoms with Gasteiger partial charge in [-0.05, 0) is 35.7 Å². The van der Waals surface area contributed by atoms with Gasteiger partial charge in [0.05, 0.1) is 17.6 Å². The van der Waals surface area contributed by atoms with Crippen LogP contribution in [-0.2, 0) is 19.4 Å². The first-order chi connectivity index (χ1) is 13.8. The summed E-state index contributed by atoms with van der Waals surface area (Å²) in [6, 6.07) is 26.9. The first-order valence-corrected chi connectivity index (χ1v) is 9.65. The van der Waals surface area contributed by atoms with Crippen LogP contribution in [0.3, 0.4) is 0 Å². The highest BCUT2D eigenvalue weighted by molar-refractivity contribution is 5.76. The van der Waals surface area contributed by atoms with Crippen molar-refractivity contribution in [3.8, 4) is 5.75 Å². The lowest BCUT2D eigenvalue weighted by molar-refractivity contribution is 0.296. The van der Waals surface area contributed by atoms with Gasteiger partial charge in [0, 0.05) is 6.42 Å². The Morgan fingerprint density at radius 1 is 0.893 bits per heavy atom. The van der Waals surface area contributed by atoms with Crippen LogP contribution in [0, 0.1) is 0 Å². The van der Waals surface area contributed by atoms with Crippen molar-refractivity contribution < 1.29 is 4.74 Å². The monoisotopic (exact) mass is 368 g/mol. The number of aromatic nitrogens is 2. The van der Waals surface area contributed by atoms with Gasteiger partial charge in [-0.25, -0.2) is 4.98 Å². The predicted molar refractivity (Wildman–Crippen MR) is 115 cm³/mol. The van der Waals surface area contributed by atoms with E-state index in [2.05, 4.69) is 59.7 Å². The summed E-state index contributed by atoms with van der Waals surface area (Å²) in [4.78, 5) is 4.87. The highest BCUT2D eigenvalue weighted by atomic mass is 16.5. The van der Waals surface area contributed by atoms with Gasteiger partial charge in [0.25, 0.3) is 0 Å². The van der Waals surface area contributed by atoms with E-state index in [1.54, 1.807) is 0 Å². The van der Waals surface area contributed by atoms with Crippen molar-refractivity contribution in [2.75, 3.05) is 6.61 Å². The molecule has 3 aromatic carbocycles. The van der Waals surface area contributed by atoms with Gasteiger partial charge >= 0.3 is 0 Å². The van der Waals surface area contributed by atoms with Crippen molar-refractivity contribution in [3.63, 3.8) is 0 Å². The second-order valence-corrected chi connectivity index (χ2v) is 6.78. The van der Waals surface area contributed by atoms with Crippen LogP contribution in [0.4, 0.5) is 0 Å². The molecule has 140 valence electrons. The zero-order valence-electron chi connectivity index (χ0n) is 15.9. The molecule has 28 heavy (non-hydrogen) atoms. The zero-order valence-corrected chi connectivity index (χ0v) is 15.9. The largest absolute Gasteiger partial charge is 0.491 e. The summed E-state index contributed by atoms with van der Waals surface area (Å²) in [6.07, 6.45) is 3.52. The summed E-state index contributed by atoms with van der Waals surface area (Å²) in [5.74, 6) is 1.99. The first kappa shape index (κ1) is 18.1. The molecular formula is C25H24N2O. The number of allylic oxidation sites excluding steroid dienone is 1. The van der Waals surface area contributed by atoms with Crippen molar-refractivity contribution in [1.29, 1.82) is 0 Å². The van der Waals surface area contributed by atoms with Crippen molar-refractivity contribution in [3.05, 3.63) is 108 Å². The van der Waals surface area contributed by atoms with E-state index in [0.717, 1.165) is 47.6 Å². The fourth-order valence-electron chi connectivity index (χ4n) is 3.50.